The van der Waals surface area contributed by atoms with Crippen LogP contribution in [0, 0.1) is 6.92 Å². The molecule has 5 aromatic rings. The van der Waals surface area contributed by atoms with E-state index in [1.807, 2.05) is 85.6 Å². The summed E-state index contributed by atoms with van der Waals surface area (Å²) in [5.74, 6) is -0.730. The lowest BCUT2D eigenvalue weighted by Gasteiger charge is -2.35. The molecule has 1 N–H and O–H groups in total. The van der Waals surface area contributed by atoms with E-state index in [0.717, 1.165) is 16.7 Å². The predicted octanol–water partition coefficient (Wildman–Crippen LogP) is 7.68. The maximum atomic E-state index is 14.5. The van der Waals surface area contributed by atoms with Crippen LogP contribution in [0.15, 0.2) is 109 Å². The number of carbonyl (C=O) groups is 2. The van der Waals surface area contributed by atoms with Gasteiger partial charge in [-0.1, -0.05) is 90.5 Å². The monoisotopic (exact) mass is 702 g/mol. The van der Waals surface area contributed by atoms with Crippen LogP contribution in [0.1, 0.15) is 68.1 Å². The Morgan fingerprint density at radius 1 is 0.941 bits per heavy atom. The highest BCUT2D eigenvalue weighted by Gasteiger charge is 2.33. The van der Waals surface area contributed by atoms with Crippen LogP contribution in [0.25, 0.3) is 11.1 Å². The zero-order valence-electron chi connectivity index (χ0n) is 29.1. The van der Waals surface area contributed by atoms with Crippen molar-refractivity contribution in [3.63, 3.8) is 0 Å². The Morgan fingerprint density at radius 2 is 1.69 bits per heavy atom. The summed E-state index contributed by atoms with van der Waals surface area (Å²) in [5, 5.41) is 3.84. The number of aromatic nitrogens is 2. The highest BCUT2D eigenvalue weighted by atomic mass is 35.5. The number of nitrogens with one attached hydrogen (secondary N) is 1. The molecule has 1 unspecified atom stereocenters. The van der Waals surface area contributed by atoms with E-state index in [2.05, 4.69) is 34.6 Å². The Bertz CT molecular complexity index is 1890. The minimum Gasteiger partial charge on any atom is -0.462 e. The number of halogens is 1. The number of pyridine rings is 2. The molecular weight excluding hydrogens is 660 g/mol. The van der Waals surface area contributed by atoms with Crippen molar-refractivity contribution in [2.45, 2.75) is 45.3 Å². The van der Waals surface area contributed by atoms with Gasteiger partial charge in [0.25, 0.3) is 5.91 Å². The van der Waals surface area contributed by atoms with Crippen LogP contribution in [0.2, 0.25) is 5.02 Å². The number of ether oxygens (including phenoxy) is 2. The van der Waals surface area contributed by atoms with Crippen molar-refractivity contribution in [1.29, 1.82) is 0 Å². The number of amides is 1. The number of nitrogens with zero attached hydrogens (tertiary/aromatic N) is 3. The lowest BCUT2D eigenvalue weighted by Crippen LogP contribution is -2.52. The number of hydrogen-bond acceptors (Lipinski definition) is 7. The van der Waals surface area contributed by atoms with Crippen LogP contribution < -0.4 is 5.32 Å². The topological polar surface area (TPSA) is 93.6 Å². The smallest absolute Gasteiger partial charge is 0.340 e. The Kier molecular flexibility index (Phi) is 12.2. The first kappa shape index (κ1) is 35.9. The number of piperazine rings is 1. The lowest BCUT2D eigenvalue weighted by atomic mass is 9.89. The average Bonchev–Trinajstić information content (AvgIpc) is 3.16. The molecule has 3 aromatic carbocycles. The SMILES string of the molecule is Cc1nc(COCCc2cccnc2)c(C(=O)OCCC(c2ccccc2)c2ccccc2)c(-c2cccc(Cl)c2)c1C(=O)N1CCNCC1C. The van der Waals surface area contributed by atoms with Crippen LogP contribution in [-0.4, -0.2) is 65.6 Å². The van der Waals surface area contributed by atoms with Crippen molar-refractivity contribution in [3.05, 3.63) is 154 Å². The van der Waals surface area contributed by atoms with Crippen molar-refractivity contribution < 1.29 is 19.1 Å². The van der Waals surface area contributed by atoms with Gasteiger partial charge in [-0.3, -0.25) is 14.8 Å². The first-order valence-electron chi connectivity index (χ1n) is 17.5. The second-order valence-corrected chi connectivity index (χ2v) is 13.2. The van der Waals surface area contributed by atoms with Gasteiger partial charge in [-0.2, -0.15) is 0 Å². The van der Waals surface area contributed by atoms with Crippen LogP contribution in [0.3, 0.4) is 0 Å². The third-order valence-electron chi connectivity index (χ3n) is 9.29. The molecule has 1 atom stereocenters. The summed E-state index contributed by atoms with van der Waals surface area (Å²) < 4.78 is 12.3. The van der Waals surface area contributed by atoms with Crippen LogP contribution in [-0.2, 0) is 22.5 Å². The lowest BCUT2D eigenvalue weighted by molar-refractivity contribution is 0.0488. The standard InChI is InChI=1S/C42H43ClN4O4/c1-29-26-45-21-22-47(29)41(48)38-30(2)46-37(28-50-23-18-31-11-10-20-44-27-31)40(39(38)34-16-9-17-35(43)25-34)42(49)51-24-19-36(32-12-5-3-6-13-32)33-14-7-4-8-15-33/h3-17,20,25,27,29,36,45H,18-19,21-24,26,28H2,1-2H3. The van der Waals surface area contributed by atoms with Crippen molar-refractivity contribution >= 4 is 23.5 Å². The second kappa shape index (κ2) is 17.4. The van der Waals surface area contributed by atoms with Crippen LogP contribution in [0.5, 0.6) is 0 Å². The van der Waals surface area contributed by atoms with Gasteiger partial charge >= 0.3 is 5.97 Å². The zero-order chi connectivity index (χ0) is 35.6. The largest absolute Gasteiger partial charge is 0.462 e. The summed E-state index contributed by atoms with van der Waals surface area (Å²) >= 11 is 6.54. The van der Waals surface area contributed by atoms with Gasteiger partial charge in [0.05, 0.1) is 42.3 Å². The number of hydrogen-bond donors (Lipinski definition) is 1. The molecule has 8 nitrogen and oxygen atoms in total. The van der Waals surface area contributed by atoms with Gasteiger partial charge < -0.3 is 19.7 Å². The fraction of sp³-hybridized carbons (Fsp3) is 0.286. The van der Waals surface area contributed by atoms with E-state index >= 15 is 0 Å². The van der Waals surface area contributed by atoms with E-state index in [0.29, 0.717) is 72.2 Å². The summed E-state index contributed by atoms with van der Waals surface area (Å²) in [5.41, 5.74) is 5.90. The highest BCUT2D eigenvalue weighted by molar-refractivity contribution is 6.31. The fourth-order valence-corrected chi connectivity index (χ4v) is 6.90. The molecule has 3 heterocycles. The fourth-order valence-electron chi connectivity index (χ4n) is 6.71. The molecule has 0 spiro atoms. The summed E-state index contributed by atoms with van der Waals surface area (Å²) in [6, 6.07) is 31.5. The van der Waals surface area contributed by atoms with Gasteiger partial charge in [-0.05, 0) is 67.1 Å². The summed E-state index contributed by atoms with van der Waals surface area (Å²) in [6.07, 6.45) is 4.75. The van der Waals surface area contributed by atoms with Crippen LogP contribution in [0.4, 0.5) is 0 Å². The molecule has 1 saturated heterocycles. The number of rotatable bonds is 13. The first-order valence-corrected chi connectivity index (χ1v) is 17.8. The maximum Gasteiger partial charge on any atom is 0.340 e. The Labute approximate surface area is 304 Å². The predicted molar refractivity (Wildman–Crippen MR) is 200 cm³/mol. The molecule has 0 saturated carbocycles. The minimum atomic E-state index is -0.564. The second-order valence-electron chi connectivity index (χ2n) is 12.8. The van der Waals surface area contributed by atoms with Gasteiger partial charge in [0.15, 0.2) is 0 Å². The molecule has 1 fully saturated rings. The summed E-state index contributed by atoms with van der Waals surface area (Å²) in [4.78, 5) is 39.9. The average molecular weight is 703 g/mol. The van der Waals surface area contributed by atoms with E-state index in [-0.39, 0.29) is 36.6 Å². The van der Waals surface area contributed by atoms with E-state index < -0.39 is 5.97 Å². The molecule has 9 heteroatoms. The van der Waals surface area contributed by atoms with Gasteiger partial charge in [0.2, 0.25) is 0 Å². The van der Waals surface area contributed by atoms with E-state index in [1.165, 1.54) is 0 Å². The zero-order valence-corrected chi connectivity index (χ0v) is 29.8. The Hall–Kier alpha value is -4.89. The van der Waals surface area contributed by atoms with Crippen LogP contribution >= 0.6 is 11.6 Å². The number of aryl methyl sites for hydroxylation is 1. The molecule has 0 bridgehead atoms. The van der Waals surface area contributed by atoms with E-state index in [9.17, 15) is 9.59 Å². The molecule has 1 amide bonds. The molecule has 51 heavy (non-hydrogen) atoms. The van der Waals surface area contributed by atoms with Crippen molar-refractivity contribution in [1.82, 2.24) is 20.2 Å². The Balaban J connectivity index is 1.37. The Morgan fingerprint density at radius 3 is 2.35 bits per heavy atom. The molecule has 1 aliphatic rings. The van der Waals surface area contributed by atoms with Gasteiger partial charge in [0, 0.05) is 54.6 Å². The molecule has 6 rings (SSSR count). The summed E-state index contributed by atoms with van der Waals surface area (Å²) in [6.45, 7) is 6.30. The van der Waals surface area contributed by atoms with E-state index in [4.69, 9.17) is 26.1 Å². The first-order chi connectivity index (χ1) is 24.9. The number of carbonyl (C=O) groups excluding carboxylic acids is 2. The summed E-state index contributed by atoms with van der Waals surface area (Å²) in [7, 11) is 0. The molecule has 0 radical (unpaired) electrons. The molecule has 1 aliphatic heterocycles. The minimum absolute atomic E-state index is 0.0189. The normalized spacial score (nSPS) is 14.4. The van der Waals surface area contributed by atoms with Crippen molar-refractivity contribution in [3.8, 4) is 11.1 Å². The van der Waals surface area contributed by atoms with Gasteiger partial charge in [-0.25, -0.2) is 4.79 Å². The highest BCUT2D eigenvalue weighted by Crippen LogP contribution is 2.36. The molecule has 2 aromatic heterocycles. The van der Waals surface area contributed by atoms with Gasteiger partial charge in [-0.15, -0.1) is 0 Å². The third kappa shape index (κ3) is 8.89. The van der Waals surface area contributed by atoms with E-state index in [1.54, 1.807) is 18.3 Å². The quantitative estimate of drug-likeness (QED) is 0.0994. The molecule has 262 valence electrons. The van der Waals surface area contributed by atoms with Crippen molar-refractivity contribution in [2.75, 3.05) is 32.8 Å². The third-order valence-corrected chi connectivity index (χ3v) is 9.52. The number of esters is 1. The van der Waals surface area contributed by atoms with Gasteiger partial charge in [0.1, 0.15) is 0 Å². The maximum absolute atomic E-state index is 14.5. The number of benzene rings is 3. The molecule has 0 aliphatic carbocycles. The van der Waals surface area contributed by atoms with Crippen molar-refractivity contribution in [2.24, 2.45) is 0 Å². The molecular formula is C42H43ClN4O4.